The molecule has 1 aromatic heterocycles. The maximum atomic E-state index is 12.6. The third kappa shape index (κ3) is 5.80. The number of benzene rings is 1. The third-order valence-corrected chi connectivity index (χ3v) is 7.42. The van der Waals surface area contributed by atoms with Gasteiger partial charge < -0.3 is 14.5 Å². The van der Waals surface area contributed by atoms with E-state index < -0.39 is 10.0 Å². The molecule has 33 heavy (non-hydrogen) atoms. The van der Waals surface area contributed by atoms with E-state index in [9.17, 15) is 13.2 Å². The van der Waals surface area contributed by atoms with Crippen LogP contribution in [0.5, 0.6) is 5.75 Å². The minimum Gasteiger partial charge on any atom is -0.494 e. The molecular formula is C23H31N5O4S. The molecule has 2 aromatic rings. The maximum Gasteiger partial charge on any atom is 0.242 e. The summed E-state index contributed by atoms with van der Waals surface area (Å²) >= 11 is 0. The summed E-state index contributed by atoms with van der Waals surface area (Å²) in [5.41, 5.74) is 3.24. The van der Waals surface area contributed by atoms with Crippen molar-refractivity contribution in [2.75, 3.05) is 50.5 Å². The van der Waals surface area contributed by atoms with Crippen LogP contribution in [-0.2, 0) is 34.2 Å². The lowest BCUT2D eigenvalue weighted by molar-refractivity contribution is -0.131. The Morgan fingerprint density at radius 3 is 2.55 bits per heavy atom. The minimum absolute atomic E-state index is 0.0774. The van der Waals surface area contributed by atoms with Crippen molar-refractivity contribution in [2.45, 2.75) is 32.7 Å². The van der Waals surface area contributed by atoms with Crippen LogP contribution in [0.15, 0.2) is 30.6 Å². The Bertz CT molecular complexity index is 1090. The van der Waals surface area contributed by atoms with Gasteiger partial charge >= 0.3 is 0 Å². The van der Waals surface area contributed by atoms with Crippen LogP contribution >= 0.6 is 0 Å². The zero-order valence-electron chi connectivity index (χ0n) is 19.2. The van der Waals surface area contributed by atoms with E-state index >= 15 is 0 Å². The van der Waals surface area contributed by atoms with Gasteiger partial charge in [0.1, 0.15) is 5.75 Å². The number of piperazine rings is 1. The summed E-state index contributed by atoms with van der Waals surface area (Å²) in [6.45, 7) is 5.79. The number of carbonyl (C=O) groups excluding carboxylic acids is 1. The van der Waals surface area contributed by atoms with Gasteiger partial charge in [0.15, 0.2) is 0 Å². The van der Waals surface area contributed by atoms with E-state index in [4.69, 9.17) is 4.74 Å². The van der Waals surface area contributed by atoms with E-state index in [0.717, 1.165) is 35.3 Å². The fourth-order valence-corrected chi connectivity index (χ4v) is 4.93. The van der Waals surface area contributed by atoms with Crippen LogP contribution in [0.1, 0.15) is 30.0 Å². The zero-order valence-corrected chi connectivity index (χ0v) is 20.1. The molecule has 9 nitrogen and oxygen atoms in total. The number of rotatable bonds is 8. The van der Waals surface area contributed by atoms with Gasteiger partial charge in [0.25, 0.3) is 0 Å². The Morgan fingerprint density at radius 2 is 1.85 bits per heavy atom. The summed E-state index contributed by atoms with van der Waals surface area (Å²) in [4.78, 5) is 25.1. The fraction of sp³-hybridized carbons (Fsp3) is 0.522. The van der Waals surface area contributed by atoms with Gasteiger partial charge in [-0.05, 0) is 48.1 Å². The van der Waals surface area contributed by atoms with Crippen molar-refractivity contribution < 1.29 is 17.9 Å². The second-order valence-corrected chi connectivity index (χ2v) is 10.5. The van der Waals surface area contributed by atoms with E-state index in [1.54, 1.807) is 0 Å². The molecule has 4 rings (SSSR count). The number of aromatic nitrogens is 2. The monoisotopic (exact) mass is 473 g/mol. The molecule has 0 atom stereocenters. The summed E-state index contributed by atoms with van der Waals surface area (Å²) in [6, 6.07) is 5.83. The molecule has 0 N–H and O–H groups in total. The molecule has 0 radical (unpaired) electrons. The van der Waals surface area contributed by atoms with Gasteiger partial charge in [0, 0.05) is 45.1 Å². The summed E-state index contributed by atoms with van der Waals surface area (Å²) in [7, 11) is -3.17. The van der Waals surface area contributed by atoms with E-state index in [2.05, 4.69) is 16.9 Å². The predicted octanol–water partition coefficient (Wildman–Crippen LogP) is 1.47. The fourth-order valence-electron chi connectivity index (χ4n) is 4.13. The van der Waals surface area contributed by atoms with Gasteiger partial charge in [-0.3, -0.25) is 4.79 Å². The first-order valence-corrected chi connectivity index (χ1v) is 13.2. The van der Waals surface area contributed by atoms with Crippen molar-refractivity contribution in [3.8, 4) is 5.75 Å². The van der Waals surface area contributed by atoms with Crippen molar-refractivity contribution >= 4 is 21.9 Å². The van der Waals surface area contributed by atoms with Crippen LogP contribution in [0, 0.1) is 0 Å². The molecule has 2 aliphatic rings. The molecule has 0 spiro atoms. The Kier molecular flexibility index (Phi) is 7.14. The van der Waals surface area contributed by atoms with E-state index in [1.165, 1.54) is 10.6 Å². The van der Waals surface area contributed by atoms with Crippen LogP contribution < -0.4 is 9.64 Å². The highest BCUT2D eigenvalue weighted by Crippen LogP contribution is 2.25. The smallest absolute Gasteiger partial charge is 0.242 e. The first-order valence-electron chi connectivity index (χ1n) is 11.4. The van der Waals surface area contributed by atoms with Crippen molar-refractivity contribution in [3.05, 3.63) is 47.3 Å². The number of hydrogen-bond donors (Lipinski definition) is 0. The van der Waals surface area contributed by atoms with Gasteiger partial charge in [-0.2, -0.15) is 4.31 Å². The maximum absolute atomic E-state index is 12.6. The first kappa shape index (κ1) is 23.4. The number of amides is 1. The molecule has 3 heterocycles. The van der Waals surface area contributed by atoms with Crippen molar-refractivity contribution in [1.29, 1.82) is 0 Å². The quantitative estimate of drug-likeness (QED) is 0.536. The second-order valence-electron chi connectivity index (χ2n) is 8.53. The first-order chi connectivity index (χ1) is 15.8. The number of ether oxygens (including phenoxy) is 1. The Balaban J connectivity index is 1.22. The number of aryl methyl sites for hydroxylation is 1. The topological polar surface area (TPSA) is 95.9 Å². The van der Waals surface area contributed by atoms with E-state index in [-0.39, 0.29) is 5.91 Å². The van der Waals surface area contributed by atoms with Crippen molar-refractivity contribution in [3.63, 3.8) is 0 Å². The number of hydrogen-bond acceptors (Lipinski definition) is 7. The average Bonchev–Trinajstić information content (AvgIpc) is 2.81. The number of carbonyl (C=O) groups is 1. The number of fused-ring (bicyclic) bond motifs is 1. The SMILES string of the molecule is CCc1cnc(N2CCN(CCCOc3ccc4c(c3)CCN(S(C)(=O)=O)C4)C(=O)C2)nc1. The summed E-state index contributed by atoms with van der Waals surface area (Å²) in [5.74, 6) is 1.47. The van der Waals surface area contributed by atoms with Crippen molar-refractivity contribution in [2.24, 2.45) is 0 Å². The minimum atomic E-state index is -3.17. The Labute approximate surface area is 195 Å². The van der Waals surface area contributed by atoms with E-state index in [1.807, 2.05) is 40.4 Å². The largest absolute Gasteiger partial charge is 0.494 e. The van der Waals surface area contributed by atoms with Crippen LogP contribution in [0.4, 0.5) is 5.95 Å². The molecule has 0 bridgehead atoms. The van der Waals surface area contributed by atoms with E-state index in [0.29, 0.717) is 58.2 Å². The molecule has 10 heteroatoms. The van der Waals surface area contributed by atoms with Gasteiger partial charge in [-0.25, -0.2) is 18.4 Å². The van der Waals surface area contributed by atoms with Crippen LogP contribution in [-0.4, -0.2) is 79.1 Å². The van der Waals surface area contributed by atoms with Crippen molar-refractivity contribution in [1.82, 2.24) is 19.2 Å². The van der Waals surface area contributed by atoms with Gasteiger partial charge in [0.2, 0.25) is 21.9 Å². The average molecular weight is 474 g/mol. The Hall–Kier alpha value is -2.72. The molecular weight excluding hydrogens is 442 g/mol. The Morgan fingerprint density at radius 1 is 1.06 bits per heavy atom. The van der Waals surface area contributed by atoms with Gasteiger partial charge in [-0.15, -0.1) is 0 Å². The molecule has 0 unspecified atom stereocenters. The van der Waals surface area contributed by atoms with Gasteiger partial charge in [0.05, 0.1) is 19.4 Å². The molecule has 1 aromatic carbocycles. The molecule has 1 saturated heterocycles. The van der Waals surface area contributed by atoms with Crippen LogP contribution in [0.25, 0.3) is 0 Å². The highest BCUT2D eigenvalue weighted by molar-refractivity contribution is 7.88. The normalized spacial score (nSPS) is 17.2. The lowest BCUT2D eigenvalue weighted by atomic mass is 10.0. The highest BCUT2D eigenvalue weighted by Gasteiger charge is 2.25. The number of anilines is 1. The standard InChI is InChI=1S/C23H31N5O4S/c1-3-18-14-24-23(25-15-18)27-11-10-26(22(29)17-27)8-4-12-32-21-6-5-20-16-28(33(2,30)31)9-7-19(20)13-21/h5-6,13-15H,3-4,7-12,16-17H2,1-2H3. The molecule has 1 amide bonds. The van der Waals surface area contributed by atoms with Crippen LogP contribution in [0.3, 0.4) is 0 Å². The molecule has 0 aliphatic carbocycles. The highest BCUT2D eigenvalue weighted by atomic mass is 32.2. The predicted molar refractivity (Wildman–Crippen MR) is 126 cm³/mol. The molecule has 2 aliphatic heterocycles. The summed E-state index contributed by atoms with van der Waals surface area (Å²) in [6.07, 6.45) is 7.20. The summed E-state index contributed by atoms with van der Waals surface area (Å²) < 4.78 is 30.9. The van der Waals surface area contributed by atoms with Gasteiger partial charge in [-0.1, -0.05) is 13.0 Å². The zero-order chi connectivity index (χ0) is 23.4. The lowest BCUT2D eigenvalue weighted by Crippen LogP contribution is -2.51. The molecule has 0 saturated carbocycles. The second kappa shape index (κ2) is 10.0. The number of nitrogens with zero attached hydrogens (tertiary/aromatic N) is 5. The summed E-state index contributed by atoms with van der Waals surface area (Å²) in [5, 5.41) is 0. The molecule has 178 valence electrons. The van der Waals surface area contributed by atoms with Crippen LogP contribution in [0.2, 0.25) is 0 Å². The third-order valence-electron chi connectivity index (χ3n) is 6.17. The molecule has 1 fully saturated rings. The lowest BCUT2D eigenvalue weighted by Gasteiger charge is -2.34. The number of sulfonamides is 1.